The Balaban J connectivity index is 2.40. The number of nitrogens with zero attached hydrogens (tertiary/aromatic N) is 2. The maximum atomic E-state index is 13.5. The SMILES string of the molecule is CNC(c1cscn1)c1ccncc1F. The Bertz CT molecular complexity index is 430. The molecule has 1 atom stereocenters. The molecule has 0 spiro atoms. The second-order valence-electron chi connectivity index (χ2n) is 3.03. The first kappa shape index (κ1) is 10.2. The Hall–Kier alpha value is -1.33. The molecule has 78 valence electrons. The molecule has 0 aliphatic heterocycles. The standard InChI is InChI=1S/C10H10FN3S/c1-12-10(9-5-15-6-14-9)7-2-3-13-4-8(7)11/h2-6,10,12H,1H3. The van der Waals surface area contributed by atoms with E-state index in [4.69, 9.17) is 0 Å². The van der Waals surface area contributed by atoms with Crippen LogP contribution in [0.5, 0.6) is 0 Å². The Kier molecular flexibility index (Phi) is 3.03. The minimum Gasteiger partial charge on any atom is -0.308 e. The number of rotatable bonds is 3. The van der Waals surface area contributed by atoms with Gasteiger partial charge in [-0.1, -0.05) is 0 Å². The number of hydrogen-bond acceptors (Lipinski definition) is 4. The summed E-state index contributed by atoms with van der Waals surface area (Å²) in [6.45, 7) is 0. The largest absolute Gasteiger partial charge is 0.308 e. The Morgan fingerprint density at radius 1 is 1.53 bits per heavy atom. The van der Waals surface area contributed by atoms with E-state index < -0.39 is 0 Å². The molecule has 0 bridgehead atoms. The lowest BCUT2D eigenvalue weighted by molar-refractivity contribution is 0.566. The van der Waals surface area contributed by atoms with Crippen molar-refractivity contribution in [3.63, 3.8) is 0 Å². The van der Waals surface area contributed by atoms with Gasteiger partial charge in [0.05, 0.1) is 23.4 Å². The van der Waals surface area contributed by atoms with E-state index in [-0.39, 0.29) is 11.9 Å². The highest BCUT2D eigenvalue weighted by molar-refractivity contribution is 7.07. The van der Waals surface area contributed by atoms with Crippen molar-refractivity contribution in [1.29, 1.82) is 0 Å². The van der Waals surface area contributed by atoms with Gasteiger partial charge in [-0.05, 0) is 13.1 Å². The lowest BCUT2D eigenvalue weighted by Crippen LogP contribution is -2.19. The van der Waals surface area contributed by atoms with Crippen LogP contribution in [0.15, 0.2) is 29.4 Å². The second-order valence-corrected chi connectivity index (χ2v) is 3.75. The summed E-state index contributed by atoms with van der Waals surface area (Å²) in [7, 11) is 1.78. The number of nitrogens with one attached hydrogen (secondary N) is 1. The Morgan fingerprint density at radius 2 is 2.40 bits per heavy atom. The van der Waals surface area contributed by atoms with Crippen LogP contribution < -0.4 is 5.32 Å². The molecule has 15 heavy (non-hydrogen) atoms. The number of pyridine rings is 1. The third kappa shape index (κ3) is 2.03. The maximum absolute atomic E-state index is 13.5. The molecule has 1 unspecified atom stereocenters. The molecule has 2 heterocycles. The molecule has 0 fully saturated rings. The smallest absolute Gasteiger partial charge is 0.146 e. The third-order valence-corrected chi connectivity index (χ3v) is 2.76. The van der Waals surface area contributed by atoms with E-state index in [0.29, 0.717) is 5.56 Å². The second kappa shape index (κ2) is 4.46. The van der Waals surface area contributed by atoms with Gasteiger partial charge in [0.2, 0.25) is 0 Å². The topological polar surface area (TPSA) is 37.8 Å². The molecule has 2 aromatic rings. The van der Waals surface area contributed by atoms with Crippen molar-refractivity contribution in [3.8, 4) is 0 Å². The van der Waals surface area contributed by atoms with Crippen LogP contribution >= 0.6 is 11.3 Å². The molecule has 0 radical (unpaired) electrons. The van der Waals surface area contributed by atoms with E-state index in [1.165, 1.54) is 17.5 Å². The van der Waals surface area contributed by atoms with Crippen LogP contribution in [-0.4, -0.2) is 17.0 Å². The molecule has 0 saturated heterocycles. The van der Waals surface area contributed by atoms with Gasteiger partial charge in [-0.15, -0.1) is 11.3 Å². The van der Waals surface area contributed by atoms with Crippen molar-refractivity contribution in [3.05, 3.63) is 46.4 Å². The lowest BCUT2D eigenvalue weighted by Gasteiger charge is -2.14. The van der Waals surface area contributed by atoms with Crippen LogP contribution in [0.3, 0.4) is 0 Å². The molecule has 5 heteroatoms. The minimum atomic E-state index is -0.315. The number of thiazole rings is 1. The lowest BCUT2D eigenvalue weighted by atomic mass is 10.1. The fourth-order valence-electron chi connectivity index (χ4n) is 1.45. The van der Waals surface area contributed by atoms with Gasteiger partial charge in [0.1, 0.15) is 5.82 Å². The zero-order valence-electron chi connectivity index (χ0n) is 8.14. The molecular formula is C10H10FN3S. The van der Waals surface area contributed by atoms with E-state index in [0.717, 1.165) is 5.69 Å². The zero-order chi connectivity index (χ0) is 10.7. The van der Waals surface area contributed by atoms with Gasteiger partial charge >= 0.3 is 0 Å². The predicted octanol–water partition coefficient (Wildman–Crippen LogP) is 1.99. The average molecular weight is 223 g/mol. The summed E-state index contributed by atoms with van der Waals surface area (Å²) in [5, 5.41) is 4.94. The van der Waals surface area contributed by atoms with Crippen LogP contribution in [0, 0.1) is 5.82 Å². The number of hydrogen-bond donors (Lipinski definition) is 1. The fraction of sp³-hybridized carbons (Fsp3) is 0.200. The summed E-state index contributed by atoms with van der Waals surface area (Å²) in [6, 6.07) is 1.45. The molecule has 0 aliphatic carbocycles. The number of halogens is 1. The van der Waals surface area contributed by atoms with Gasteiger partial charge in [-0.3, -0.25) is 4.98 Å². The van der Waals surface area contributed by atoms with E-state index >= 15 is 0 Å². The Labute approximate surface area is 91.0 Å². The van der Waals surface area contributed by atoms with E-state index in [1.54, 1.807) is 24.8 Å². The monoisotopic (exact) mass is 223 g/mol. The van der Waals surface area contributed by atoms with E-state index in [2.05, 4.69) is 15.3 Å². The molecule has 2 rings (SSSR count). The quantitative estimate of drug-likeness (QED) is 0.864. The van der Waals surface area contributed by atoms with E-state index in [9.17, 15) is 4.39 Å². The van der Waals surface area contributed by atoms with Crippen molar-refractivity contribution in [2.24, 2.45) is 0 Å². The molecule has 0 aliphatic rings. The van der Waals surface area contributed by atoms with Crippen molar-refractivity contribution < 1.29 is 4.39 Å². The molecule has 3 nitrogen and oxygen atoms in total. The molecule has 1 N–H and O–H groups in total. The van der Waals surface area contributed by atoms with Gasteiger partial charge in [-0.2, -0.15) is 0 Å². The van der Waals surface area contributed by atoms with Gasteiger partial charge in [0.25, 0.3) is 0 Å². The van der Waals surface area contributed by atoms with Crippen molar-refractivity contribution in [1.82, 2.24) is 15.3 Å². The average Bonchev–Trinajstić information content (AvgIpc) is 2.75. The van der Waals surface area contributed by atoms with Gasteiger partial charge in [0, 0.05) is 17.1 Å². The predicted molar refractivity (Wildman–Crippen MR) is 57.2 cm³/mol. The van der Waals surface area contributed by atoms with Crippen molar-refractivity contribution in [2.45, 2.75) is 6.04 Å². The normalized spacial score (nSPS) is 12.7. The highest BCUT2D eigenvalue weighted by Crippen LogP contribution is 2.22. The fourth-order valence-corrected chi connectivity index (χ4v) is 2.03. The molecule has 2 aromatic heterocycles. The summed E-state index contributed by atoms with van der Waals surface area (Å²) >= 11 is 1.49. The molecule has 0 saturated carbocycles. The highest BCUT2D eigenvalue weighted by atomic mass is 32.1. The highest BCUT2D eigenvalue weighted by Gasteiger charge is 2.17. The van der Waals surface area contributed by atoms with E-state index in [1.807, 2.05) is 5.38 Å². The van der Waals surface area contributed by atoms with Gasteiger partial charge in [0.15, 0.2) is 0 Å². The summed E-state index contributed by atoms with van der Waals surface area (Å²) < 4.78 is 13.5. The first-order chi connectivity index (χ1) is 7.33. The van der Waals surface area contributed by atoms with Crippen LogP contribution in [0.25, 0.3) is 0 Å². The molecule has 0 amide bonds. The first-order valence-corrected chi connectivity index (χ1v) is 5.42. The van der Waals surface area contributed by atoms with Crippen LogP contribution in [0.1, 0.15) is 17.3 Å². The van der Waals surface area contributed by atoms with Crippen LogP contribution in [0.4, 0.5) is 4.39 Å². The molecular weight excluding hydrogens is 213 g/mol. The van der Waals surface area contributed by atoms with Crippen molar-refractivity contribution in [2.75, 3.05) is 7.05 Å². The molecule has 0 aromatic carbocycles. The zero-order valence-corrected chi connectivity index (χ0v) is 8.96. The van der Waals surface area contributed by atoms with Crippen LogP contribution in [0.2, 0.25) is 0 Å². The summed E-state index contributed by atoms with van der Waals surface area (Å²) in [6.07, 6.45) is 2.79. The van der Waals surface area contributed by atoms with Gasteiger partial charge in [-0.25, -0.2) is 9.37 Å². The third-order valence-electron chi connectivity index (χ3n) is 2.15. The summed E-state index contributed by atoms with van der Waals surface area (Å²) in [4.78, 5) is 7.90. The number of aromatic nitrogens is 2. The first-order valence-electron chi connectivity index (χ1n) is 4.47. The Morgan fingerprint density at radius 3 is 3.00 bits per heavy atom. The summed E-state index contributed by atoms with van der Waals surface area (Å²) in [5.41, 5.74) is 3.13. The maximum Gasteiger partial charge on any atom is 0.146 e. The van der Waals surface area contributed by atoms with Crippen LogP contribution in [-0.2, 0) is 0 Å². The van der Waals surface area contributed by atoms with Crippen molar-refractivity contribution >= 4 is 11.3 Å². The summed E-state index contributed by atoms with van der Waals surface area (Å²) in [5.74, 6) is -0.315. The minimum absolute atomic E-state index is 0.209. The van der Waals surface area contributed by atoms with Gasteiger partial charge < -0.3 is 5.32 Å².